The first-order valence-electron chi connectivity index (χ1n) is 5.93. The largest absolute Gasteiger partial charge is 0.465 e. The first-order valence-corrected chi connectivity index (χ1v) is 7.44. The van der Waals surface area contributed by atoms with Crippen molar-refractivity contribution in [3.8, 4) is 0 Å². The molecule has 0 bridgehead atoms. The maximum Gasteiger partial charge on any atom is 0.340 e. The first-order chi connectivity index (χ1) is 10.4. The van der Waals surface area contributed by atoms with Gasteiger partial charge in [-0.2, -0.15) is 0 Å². The Morgan fingerprint density at radius 1 is 1.09 bits per heavy atom. The molecular weight excluding hydrogens is 382 g/mol. The molecule has 0 aliphatic heterocycles. The number of halogens is 4. The van der Waals surface area contributed by atoms with Gasteiger partial charge in [0.25, 0.3) is 0 Å². The molecule has 22 heavy (non-hydrogen) atoms. The van der Waals surface area contributed by atoms with Gasteiger partial charge in [-0.05, 0) is 30.3 Å². The number of esters is 1. The van der Waals surface area contributed by atoms with E-state index >= 15 is 0 Å². The van der Waals surface area contributed by atoms with E-state index in [1.54, 1.807) is 6.07 Å². The van der Waals surface area contributed by atoms with Crippen LogP contribution in [0, 0.1) is 0 Å². The van der Waals surface area contributed by atoms with Crippen LogP contribution in [0.1, 0.15) is 26.3 Å². The van der Waals surface area contributed by atoms with Crippen molar-refractivity contribution in [3.63, 3.8) is 0 Å². The minimum Gasteiger partial charge on any atom is -0.465 e. The van der Waals surface area contributed by atoms with Gasteiger partial charge in [-0.3, -0.25) is 4.79 Å². The number of benzene rings is 2. The first kappa shape index (κ1) is 17.1. The molecular formula is C15H8Cl4O3. The summed E-state index contributed by atoms with van der Waals surface area (Å²) < 4.78 is 4.66. The highest BCUT2D eigenvalue weighted by molar-refractivity contribution is 6.42. The van der Waals surface area contributed by atoms with Crippen LogP contribution in [0.3, 0.4) is 0 Å². The molecule has 2 aromatic carbocycles. The fourth-order valence-electron chi connectivity index (χ4n) is 1.88. The van der Waals surface area contributed by atoms with Gasteiger partial charge in [0.05, 0.1) is 33.3 Å². The SMILES string of the molecule is COC(=O)c1c(Cl)ccc(Cl)c1C(=O)[14c]1[14cH][14c](Cl)[14cH][14cH][14c]1Cl. The van der Waals surface area contributed by atoms with E-state index < -0.39 is 11.8 Å². The van der Waals surface area contributed by atoms with Gasteiger partial charge in [0.1, 0.15) is 0 Å². The molecule has 0 unspecified atom stereocenters. The van der Waals surface area contributed by atoms with Crippen LogP contribution in [0.5, 0.6) is 0 Å². The van der Waals surface area contributed by atoms with E-state index in [4.69, 9.17) is 46.4 Å². The van der Waals surface area contributed by atoms with E-state index in [0.717, 1.165) is 0 Å². The second-order valence-corrected chi connectivity index (χ2v) is 5.88. The van der Waals surface area contributed by atoms with Crippen LogP contribution in [0.25, 0.3) is 0 Å². The molecule has 2 aromatic rings. The second kappa shape index (κ2) is 6.88. The van der Waals surface area contributed by atoms with Gasteiger partial charge < -0.3 is 4.74 Å². The molecule has 114 valence electrons. The molecule has 0 aliphatic rings. The Morgan fingerprint density at radius 3 is 2.27 bits per heavy atom. The summed E-state index contributed by atoms with van der Waals surface area (Å²) in [5.41, 5.74) is -0.0774. The third-order valence-corrected chi connectivity index (χ3v) is 4.09. The van der Waals surface area contributed by atoms with Crippen molar-refractivity contribution in [2.24, 2.45) is 0 Å². The molecule has 0 saturated carbocycles. The van der Waals surface area contributed by atoms with Crippen molar-refractivity contribution in [1.82, 2.24) is 0 Å². The van der Waals surface area contributed by atoms with Crippen LogP contribution in [0.2, 0.25) is 20.1 Å². The van der Waals surface area contributed by atoms with Crippen molar-refractivity contribution in [2.75, 3.05) is 7.11 Å². The summed E-state index contributed by atoms with van der Waals surface area (Å²) >= 11 is 24.0. The Morgan fingerprint density at radius 2 is 1.68 bits per heavy atom. The molecule has 0 aliphatic carbocycles. The fourth-order valence-corrected chi connectivity index (χ4v) is 2.74. The van der Waals surface area contributed by atoms with E-state index in [2.05, 4.69) is 4.74 Å². The lowest BCUT2D eigenvalue weighted by atomic mass is 10.1. The molecule has 3 nitrogen and oxygen atoms in total. The highest BCUT2D eigenvalue weighted by atomic mass is 35.5. The van der Waals surface area contributed by atoms with Crippen LogP contribution < -0.4 is 0 Å². The Kier molecular flexibility index (Phi) is 5.35. The van der Waals surface area contributed by atoms with Gasteiger partial charge in [-0.15, -0.1) is 0 Å². The monoisotopic (exact) mass is 388 g/mol. The molecule has 2 rings (SSSR count). The minimum absolute atomic E-state index is 0.0535. The number of ether oxygens (including phenoxy) is 1. The second-order valence-electron chi connectivity index (χ2n) is 4.22. The zero-order valence-corrected chi connectivity index (χ0v) is 14.1. The van der Waals surface area contributed by atoms with Crippen LogP contribution in [-0.4, -0.2) is 18.9 Å². The molecule has 7 heteroatoms. The topological polar surface area (TPSA) is 43.4 Å². The van der Waals surface area contributed by atoms with E-state index in [9.17, 15) is 9.59 Å². The zero-order valence-electron chi connectivity index (χ0n) is 11.1. The van der Waals surface area contributed by atoms with Crippen LogP contribution in [0.15, 0.2) is 30.3 Å². The van der Waals surface area contributed by atoms with E-state index in [0.29, 0.717) is 5.02 Å². The smallest absolute Gasteiger partial charge is 0.340 e. The third kappa shape index (κ3) is 3.23. The summed E-state index contributed by atoms with van der Waals surface area (Å²) in [7, 11) is 1.18. The number of rotatable bonds is 3. The molecule has 0 radical (unpaired) electrons. The van der Waals surface area contributed by atoms with Crippen molar-refractivity contribution >= 4 is 58.2 Å². The van der Waals surface area contributed by atoms with Gasteiger partial charge in [-0.1, -0.05) is 46.4 Å². The molecule has 0 fully saturated rings. The van der Waals surface area contributed by atoms with Crippen LogP contribution in [-0.2, 0) is 4.74 Å². The van der Waals surface area contributed by atoms with Gasteiger partial charge in [0.15, 0.2) is 5.78 Å². The molecule has 0 N–H and O–H groups in total. The quantitative estimate of drug-likeness (QED) is 0.527. The van der Waals surface area contributed by atoms with Gasteiger partial charge >= 0.3 is 5.97 Å². The number of methoxy groups -OCH3 is 1. The Labute approximate surface area is 146 Å². The van der Waals surface area contributed by atoms with Crippen molar-refractivity contribution < 1.29 is 14.3 Å². The lowest BCUT2D eigenvalue weighted by Crippen LogP contribution is -2.13. The summed E-state index contributed by atoms with van der Waals surface area (Å²) in [6.07, 6.45) is 0. The zero-order chi connectivity index (χ0) is 16.4. The number of ketones is 1. The highest BCUT2D eigenvalue weighted by Gasteiger charge is 2.26. The molecule has 0 heterocycles. The molecule has 0 amide bonds. The number of carbonyl (C=O) groups is 2. The molecule has 0 aromatic heterocycles. The minimum atomic E-state index is -0.769. The van der Waals surface area contributed by atoms with Gasteiger partial charge in [-0.25, -0.2) is 4.79 Å². The summed E-state index contributed by atoms with van der Waals surface area (Å²) in [5, 5.41) is 0.621. The lowest BCUT2D eigenvalue weighted by molar-refractivity contribution is 0.0597. The van der Waals surface area contributed by atoms with Crippen molar-refractivity contribution in [3.05, 3.63) is 67.1 Å². The summed E-state index contributed by atoms with van der Waals surface area (Å²) in [6, 6.07) is 7.24. The summed E-state index contributed by atoms with van der Waals surface area (Å²) in [6.45, 7) is 0. The Bertz CT molecular complexity index is 772. The predicted octanol–water partition coefficient (Wildman–Crippen LogP) is 5.32. The summed E-state index contributed by atoms with van der Waals surface area (Å²) in [4.78, 5) is 24.7. The van der Waals surface area contributed by atoms with Gasteiger partial charge in [0, 0.05) is 10.6 Å². The standard InChI is InChI=1S/C15H8Cl4O3/c1-22-15(21)13-11(19)5-4-10(18)12(13)14(20)8-6-7(16)2-3-9(8)17/h2-6H,1H3/i2+2,3+2,6+2,7+2,8+2,9+2. The van der Waals surface area contributed by atoms with Crippen LogP contribution in [0.4, 0.5) is 0 Å². The maximum absolute atomic E-state index is 12.7. The number of carbonyl (C=O) groups excluding carboxylic acids is 2. The Balaban J connectivity index is 2.71. The van der Waals surface area contributed by atoms with E-state index in [1.807, 2.05) is 0 Å². The summed E-state index contributed by atoms with van der Waals surface area (Å²) in [5.74, 6) is -1.34. The number of hydrogen-bond donors (Lipinski definition) is 0. The third-order valence-electron chi connectivity index (χ3n) is 2.89. The predicted molar refractivity (Wildman–Crippen MR) is 87.7 cm³/mol. The van der Waals surface area contributed by atoms with Gasteiger partial charge in [0.2, 0.25) is 0 Å². The van der Waals surface area contributed by atoms with Crippen molar-refractivity contribution in [2.45, 2.75) is 0 Å². The van der Waals surface area contributed by atoms with Crippen LogP contribution >= 0.6 is 46.4 Å². The average molecular weight is 390 g/mol. The normalized spacial score (nSPS) is 10.4. The maximum atomic E-state index is 12.7. The highest BCUT2D eigenvalue weighted by Crippen LogP contribution is 2.32. The van der Waals surface area contributed by atoms with E-state index in [-0.39, 0.29) is 31.8 Å². The molecule has 0 saturated heterocycles. The molecule has 0 atom stereocenters. The lowest BCUT2D eigenvalue weighted by Gasteiger charge is -2.12. The van der Waals surface area contributed by atoms with E-state index in [1.165, 1.54) is 31.4 Å². The average Bonchev–Trinajstić information content (AvgIpc) is 2.50. The van der Waals surface area contributed by atoms with Crippen molar-refractivity contribution in [1.29, 1.82) is 0 Å². The molecule has 0 spiro atoms. The number of hydrogen-bond acceptors (Lipinski definition) is 3. The fraction of sp³-hybridized carbons (Fsp3) is 0.0667. The Hall–Kier alpha value is -1.26.